The molecule has 2 N–H and O–H groups in total. The van der Waals surface area contributed by atoms with Crippen molar-refractivity contribution in [1.29, 1.82) is 0 Å². The SMILES string of the molecule is CC(C)(C)c1nc(C(=O)NCCCC2CC2)n[nH]1. The van der Waals surface area contributed by atoms with E-state index in [1.807, 2.05) is 20.8 Å². The molecule has 1 aliphatic rings. The van der Waals surface area contributed by atoms with Crippen LogP contribution in [0, 0.1) is 5.92 Å². The highest BCUT2D eigenvalue weighted by Crippen LogP contribution is 2.33. The van der Waals surface area contributed by atoms with Crippen LogP contribution >= 0.6 is 0 Å². The van der Waals surface area contributed by atoms with E-state index in [0.29, 0.717) is 6.54 Å². The van der Waals surface area contributed by atoms with Crippen LogP contribution in [-0.4, -0.2) is 27.6 Å². The van der Waals surface area contributed by atoms with Gasteiger partial charge in [0.25, 0.3) is 5.91 Å². The Morgan fingerprint density at radius 2 is 2.17 bits per heavy atom. The molecule has 18 heavy (non-hydrogen) atoms. The third kappa shape index (κ3) is 3.55. The number of aromatic nitrogens is 3. The van der Waals surface area contributed by atoms with Crippen LogP contribution in [0.15, 0.2) is 0 Å². The Morgan fingerprint density at radius 3 is 2.72 bits per heavy atom. The normalized spacial score (nSPS) is 15.7. The van der Waals surface area contributed by atoms with Gasteiger partial charge in [0.1, 0.15) is 5.82 Å². The average molecular weight is 250 g/mol. The van der Waals surface area contributed by atoms with Crippen molar-refractivity contribution in [1.82, 2.24) is 20.5 Å². The maximum absolute atomic E-state index is 11.8. The van der Waals surface area contributed by atoms with Crippen LogP contribution in [-0.2, 0) is 5.41 Å². The van der Waals surface area contributed by atoms with Gasteiger partial charge in [-0.15, -0.1) is 5.10 Å². The molecule has 0 aliphatic heterocycles. The van der Waals surface area contributed by atoms with E-state index in [4.69, 9.17) is 0 Å². The first-order chi connectivity index (χ1) is 8.47. The van der Waals surface area contributed by atoms with Crippen LogP contribution in [0.5, 0.6) is 0 Å². The molecule has 1 aromatic rings. The molecule has 5 heteroatoms. The summed E-state index contributed by atoms with van der Waals surface area (Å²) in [5.41, 5.74) is -0.114. The first-order valence-electron chi connectivity index (χ1n) is 6.68. The first-order valence-corrected chi connectivity index (χ1v) is 6.68. The lowest BCUT2D eigenvalue weighted by Crippen LogP contribution is -2.25. The van der Waals surface area contributed by atoms with Gasteiger partial charge in [0.2, 0.25) is 5.82 Å². The second kappa shape index (κ2) is 5.08. The molecule has 1 aliphatic carbocycles. The maximum atomic E-state index is 11.8. The summed E-state index contributed by atoms with van der Waals surface area (Å²) >= 11 is 0. The van der Waals surface area contributed by atoms with Gasteiger partial charge in [0.15, 0.2) is 0 Å². The highest BCUT2D eigenvalue weighted by atomic mass is 16.2. The number of hydrogen-bond donors (Lipinski definition) is 2. The van der Waals surface area contributed by atoms with Crippen molar-refractivity contribution in [3.8, 4) is 0 Å². The van der Waals surface area contributed by atoms with Crippen molar-refractivity contribution in [3.63, 3.8) is 0 Å². The highest BCUT2D eigenvalue weighted by Gasteiger charge is 2.22. The summed E-state index contributed by atoms with van der Waals surface area (Å²) in [5.74, 6) is 1.72. The van der Waals surface area contributed by atoms with Crippen molar-refractivity contribution in [2.45, 2.75) is 51.9 Å². The van der Waals surface area contributed by atoms with E-state index in [1.54, 1.807) is 0 Å². The Kier molecular flexibility index (Phi) is 3.68. The summed E-state index contributed by atoms with van der Waals surface area (Å²) in [6, 6.07) is 0. The average Bonchev–Trinajstić information content (AvgIpc) is 2.95. The quantitative estimate of drug-likeness (QED) is 0.785. The Hall–Kier alpha value is -1.39. The Balaban J connectivity index is 1.78. The number of carbonyl (C=O) groups excluding carboxylic acids is 1. The summed E-state index contributed by atoms with van der Waals surface area (Å²) < 4.78 is 0. The molecule has 1 aromatic heterocycles. The van der Waals surface area contributed by atoms with Crippen LogP contribution in [0.2, 0.25) is 0 Å². The zero-order chi connectivity index (χ0) is 13.2. The van der Waals surface area contributed by atoms with E-state index >= 15 is 0 Å². The van der Waals surface area contributed by atoms with Gasteiger partial charge in [-0.05, 0) is 18.8 Å². The zero-order valence-corrected chi connectivity index (χ0v) is 11.4. The fourth-order valence-electron chi connectivity index (χ4n) is 1.78. The minimum Gasteiger partial charge on any atom is -0.349 e. The van der Waals surface area contributed by atoms with Gasteiger partial charge in [-0.1, -0.05) is 33.6 Å². The Morgan fingerprint density at radius 1 is 1.44 bits per heavy atom. The molecule has 0 unspecified atom stereocenters. The predicted octanol–water partition coefficient (Wildman–Crippen LogP) is 2.02. The standard InChI is InChI=1S/C13H22N4O/c1-13(2,3)12-15-10(16-17-12)11(18)14-8-4-5-9-6-7-9/h9H,4-8H2,1-3H3,(H,14,18)(H,15,16,17). The van der Waals surface area contributed by atoms with Crippen LogP contribution in [0.1, 0.15) is 62.9 Å². The first kappa shape index (κ1) is 13.1. The third-order valence-corrected chi connectivity index (χ3v) is 3.17. The number of nitrogens with one attached hydrogen (secondary N) is 2. The molecule has 1 heterocycles. The van der Waals surface area contributed by atoms with Gasteiger partial charge in [0.05, 0.1) is 0 Å². The van der Waals surface area contributed by atoms with Crippen LogP contribution in [0.25, 0.3) is 0 Å². The van der Waals surface area contributed by atoms with Crippen molar-refractivity contribution in [2.75, 3.05) is 6.54 Å². The molecule has 1 saturated carbocycles. The van der Waals surface area contributed by atoms with Crippen LogP contribution < -0.4 is 5.32 Å². The Labute approximate surface area is 108 Å². The summed E-state index contributed by atoms with van der Waals surface area (Å²) in [4.78, 5) is 16.0. The molecule has 0 saturated heterocycles. The molecule has 2 rings (SSSR count). The second-order valence-corrected chi connectivity index (χ2v) is 6.10. The number of rotatable bonds is 5. The van der Waals surface area contributed by atoms with E-state index < -0.39 is 0 Å². The van der Waals surface area contributed by atoms with Gasteiger partial charge in [-0.25, -0.2) is 4.98 Å². The fourth-order valence-corrected chi connectivity index (χ4v) is 1.78. The molecule has 1 amide bonds. The summed E-state index contributed by atoms with van der Waals surface area (Å²) in [6.07, 6.45) is 5.00. The molecule has 0 spiro atoms. The predicted molar refractivity (Wildman–Crippen MR) is 69.4 cm³/mol. The van der Waals surface area contributed by atoms with Crippen LogP contribution in [0.3, 0.4) is 0 Å². The van der Waals surface area contributed by atoms with Crippen molar-refractivity contribution in [2.24, 2.45) is 5.92 Å². The molecular formula is C13H22N4O. The minimum absolute atomic E-state index is 0.114. The van der Waals surface area contributed by atoms with Crippen molar-refractivity contribution < 1.29 is 4.79 Å². The van der Waals surface area contributed by atoms with Gasteiger partial charge >= 0.3 is 0 Å². The molecule has 100 valence electrons. The number of amides is 1. The number of H-pyrrole nitrogens is 1. The topological polar surface area (TPSA) is 70.7 Å². The van der Waals surface area contributed by atoms with Gasteiger partial charge in [-0.3, -0.25) is 9.89 Å². The van der Waals surface area contributed by atoms with Crippen molar-refractivity contribution >= 4 is 5.91 Å². The Bertz CT molecular complexity index is 415. The monoisotopic (exact) mass is 250 g/mol. The van der Waals surface area contributed by atoms with E-state index in [1.165, 1.54) is 19.3 Å². The van der Waals surface area contributed by atoms with Crippen molar-refractivity contribution in [3.05, 3.63) is 11.6 Å². The largest absolute Gasteiger partial charge is 0.349 e. The summed E-state index contributed by atoms with van der Waals surface area (Å²) in [6.45, 7) is 6.81. The zero-order valence-electron chi connectivity index (χ0n) is 11.4. The highest BCUT2D eigenvalue weighted by molar-refractivity contribution is 5.90. The molecule has 0 aromatic carbocycles. The van der Waals surface area contributed by atoms with Gasteiger partial charge in [-0.2, -0.15) is 0 Å². The lowest BCUT2D eigenvalue weighted by atomic mass is 9.96. The second-order valence-electron chi connectivity index (χ2n) is 6.10. The number of nitrogens with zero attached hydrogens (tertiary/aromatic N) is 2. The molecular weight excluding hydrogens is 228 g/mol. The number of carbonyl (C=O) groups is 1. The van der Waals surface area contributed by atoms with Gasteiger partial charge < -0.3 is 5.32 Å². The van der Waals surface area contributed by atoms with Gasteiger partial charge in [0, 0.05) is 12.0 Å². The number of aromatic amines is 1. The summed E-state index contributed by atoms with van der Waals surface area (Å²) in [7, 11) is 0. The third-order valence-electron chi connectivity index (χ3n) is 3.17. The molecule has 1 fully saturated rings. The lowest BCUT2D eigenvalue weighted by Gasteiger charge is -2.12. The number of hydrogen-bond acceptors (Lipinski definition) is 3. The lowest BCUT2D eigenvalue weighted by molar-refractivity contribution is 0.0942. The molecule has 0 atom stereocenters. The van der Waals surface area contributed by atoms with E-state index in [-0.39, 0.29) is 17.1 Å². The smallest absolute Gasteiger partial charge is 0.290 e. The molecule has 5 nitrogen and oxygen atoms in total. The summed E-state index contributed by atoms with van der Waals surface area (Å²) in [5, 5.41) is 9.65. The van der Waals surface area contributed by atoms with E-state index in [9.17, 15) is 4.79 Å². The maximum Gasteiger partial charge on any atom is 0.290 e. The molecule has 0 radical (unpaired) electrons. The fraction of sp³-hybridized carbons (Fsp3) is 0.769. The van der Waals surface area contributed by atoms with E-state index in [0.717, 1.165) is 18.2 Å². The minimum atomic E-state index is -0.183. The molecule has 0 bridgehead atoms. The van der Waals surface area contributed by atoms with E-state index in [2.05, 4.69) is 20.5 Å². The van der Waals surface area contributed by atoms with Crippen LogP contribution in [0.4, 0.5) is 0 Å².